The van der Waals surface area contributed by atoms with Crippen molar-refractivity contribution in [2.75, 3.05) is 13.7 Å². The van der Waals surface area contributed by atoms with Gasteiger partial charge in [0.05, 0.1) is 12.7 Å². The summed E-state index contributed by atoms with van der Waals surface area (Å²) in [7, 11) is 1.07. The fourth-order valence-electron chi connectivity index (χ4n) is 2.77. The highest BCUT2D eigenvalue weighted by Crippen LogP contribution is 2.26. The van der Waals surface area contributed by atoms with Crippen molar-refractivity contribution < 1.29 is 29.0 Å². The molecule has 0 bridgehead atoms. The second-order valence-electron chi connectivity index (χ2n) is 5.71. The van der Waals surface area contributed by atoms with Crippen LogP contribution >= 0.6 is 0 Å². The second kappa shape index (κ2) is 7.92. The summed E-state index contributed by atoms with van der Waals surface area (Å²) in [5, 5.41) is 12.8. The molecule has 7 nitrogen and oxygen atoms in total. The van der Waals surface area contributed by atoms with Gasteiger partial charge < -0.3 is 19.9 Å². The summed E-state index contributed by atoms with van der Waals surface area (Å²) in [5.74, 6) is -3.49. The highest BCUT2D eigenvalue weighted by molar-refractivity contribution is 6.05. The number of esters is 2. The molecule has 0 saturated carbocycles. The number of carboxylic acids is 1. The molecule has 1 aromatic carbocycles. The van der Waals surface area contributed by atoms with Gasteiger partial charge in [0.1, 0.15) is 0 Å². The summed E-state index contributed by atoms with van der Waals surface area (Å²) >= 11 is 0. The average Bonchev–Trinajstić information content (AvgIpc) is 3.11. The maximum absolute atomic E-state index is 12.3. The topological polar surface area (TPSA) is 102 Å². The van der Waals surface area contributed by atoms with E-state index in [4.69, 9.17) is 4.74 Å². The molecule has 1 aliphatic rings. The number of rotatable bonds is 7. The summed E-state index contributed by atoms with van der Waals surface area (Å²) < 4.78 is 9.77. The molecule has 7 heteroatoms. The first kappa shape index (κ1) is 17.9. The lowest BCUT2D eigenvalue weighted by atomic mass is 9.94. The number of benzene rings is 1. The third kappa shape index (κ3) is 3.91. The SMILES string of the molecule is COC(=O)C(CCC1CCCN1)(OC(=O)c1ccccc1)C(=O)O. The minimum Gasteiger partial charge on any atom is -0.478 e. The predicted molar refractivity (Wildman–Crippen MR) is 84.5 cm³/mol. The zero-order valence-electron chi connectivity index (χ0n) is 13.5. The zero-order valence-corrected chi connectivity index (χ0v) is 13.5. The van der Waals surface area contributed by atoms with E-state index in [9.17, 15) is 19.5 Å². The van der Waals surface area contributed by atoms with E-state index in [1.54, 1.807) is 18.2 Å². The molecule has 130 valence electrons. The average molecular weight is 335 g/mol. The van der Waals surface area contributed by atoms with Crippen LogP contribution in [0.3, 0.4) is 0 Å². The molecule has 2 N–H and O–H groups in total. The Morgan fingerprint density at radius 3 is 2.54 bits per heavy atom. The molecule has 0 amide bonds. The highest BCUT2D eigenvalue weighted by atomic mass is 16.6. The minimum atomic E-state index is -2.34. The van der Waals surface area contributed by atoms with Gasteiger partial charge in [0.2, 0.25) is 0 Å². The van der Waals surface area contributed by atoms with Gasteiger partial charge in [-0.15, -0.1) is 0 Å². The lowest BCUT2D eigenvalue weighted by Gasteiger charge is -2.27. The lowest BCUT2D eigenvalue weighted by molar-refractivity contribution is -0.179. The first-order valence-corrected chi connectivity index (χ1v) is 7.83. The van der Waals surface area contributed by atoms with E-state index < -0.39 is 23.5 Å². The van der Waals surface area contributed by atoms with E-state index in [1.165, 1.54) is 12.1 Å². The Labute approximate surface area is 139 Å². The number of nitrogens with one attached hydrogen (secondary N) is 1. The van der Waals surface area contributed by atoms with Crippen molar-refractivity contribution in [2.24, 2.45) is 0 Å². The summed E-state index contributed by atoms with van der Waals surface area (Å²) in [4.78, 5) is 36.2. The van der Waals surface area contributed by atoms with Crippen LogP contribution in [0.15, 0.2) is 30.3 Å². The number of hydrogen-bond acceptors (Lipinski definition) is 6. The largest absolute Gasteiger partial charge is 0.478 e. The van der Waals surface area contributed by atoms with Crippen LogP contribution in [0.1, 0.15) is 36.0 Å². The number of carbonyl (C=O) groups is 3. The Bertz CT molecular complexity index is 596. The van der Waals surface area contributed by atoms with Gasteiger partial charge in [-0.3, -0.25) is 0 Å². The van der Waals surface area contributed by atoms with Crippen molar-refractivity contribution in [2.45, 2.75) is 37.3 Å². The van der Waals surface area contributed by atoms with Gasteiger partial charge in [0.15, 0.2) is 0 Å². The smallest absolute Gasteiger partial charge is 0.362 e. The Morgan fingerprint density at radius 2 is 2.00 bits per heavy atom. The number of aliphatic carboxylic acids is 1. The first-order valence-electron chi connectivity index (χ1n) is 7.83. The maximum Gasteiger partial charge on any atom is 0.362 e. The van der Waals surface area contributed by atoms with Crippen LogP contribution in [0.2, 0.25) is 0 Å². The molecule has 0 aliphatic carbocycles. The zero-order chi connectivity index (χ0) is 17.6. The Kier molecular flexibility index (Phi) is 5.92. The molecule has 1 saturated heterocycles. The van der Waals surface area contributed by atoms with Gasteiger partial charge in [-0.25, -0.2) is 14.4 Å². The van der Waals surface area contributed by atoms with E-state index in [-0.39, 0.29) is 18.0 Å². The summed E-state index contributed by atoms with van der Waals surface area (Å²) in [5.41, 5.74) is -2.17. The molecule has 0 radical (unpaired) electrons. The van der Waals surface area contributed by atoms with Crippen molar-refractivity contribution in [3.05, 3.63) is 35.9 Å². The van der Waals surface area contributed by atoms with Gasteiger partial charge in [-0.05, 0) is 37.9 Å². The van der Waals surface area contributed by atoms with Crippen molar-refractivity contribution in [3.63, 3.8) is 0 Å². The van der Waals surface area contributed by atoms with E-state index in [0.717, 1.165) is 26.5 Å². The van der Waals surface area contributed by atoms with Gasteiger partial charge >= 0.3 is 23.5 Å². The van der Waals surface area contributed by atoms with Crippen molar-refractivity contribution in [1.82, 2.24) is 5.32 Å². The van der Waals surface area contributed by atoms with E-state index in [1.807, 2.05) is 0 Å². The van der Waals surface area contributed by atoms with Crippen LogP contribution in [0.5, 0.6) is 0 Å². The molecular weight excluding hydrogens is 314 g/mol. The molecule has 2 atom stereocenters. The quantitative estimate of drug-likeness (QED) is 0.573. The van der Waals surface area contributed by atoms with Crippen molar-refractivity contribution >= 4 is 17.9 Å². The number of carbonyl (C=O) groups excluding carboxylic acids is 2. The summed E-state index contributed by atoms with van der Waals surface area (Å²) in [6.07, 6.45) is 2.13. The molecule has 0 aromatic heterocycles. The molecule has 1 heterocycles. The monoisotopic (exact) mass is 335 g/mol. The highest BCUT2D eigenvalue weighted by Gasteiger charge is 2.52. The van der Waals surface area contributed by atoms with Gasteiger partial charge in [-0.1, -0.05) is 18.2 Å². The maximum atomic E-state index is 12.3. The molecule has 1 fully saturated rings. The number of carboxylic acid groups (broad SMARTS) is 1. The first-order chi connectivity index (χ1) is 11.5. The number of ether oxygens (including phenoxy) is 2. The Morgan fingerprint density at radius 1 is 1.29 bits per heavy atom. The summed E-state index contributed by atoms with van der Waals surface area (Å²) in [6, 6.07) is 8.05. The van der Waals surface area contributed by atoms with Gasteiger partial charge in [-0.2, -0.15) is 0 Å². The fraction of sp³-hybridized carbons (Fsp3) is 0.471. The van der Waals surface area contributed by atoms with E-state index in [0.29, 0.717) is 6.42 Å². The van der Waals surface area contributed by atoms with Crippen molar-refractivity contribution in [1.29, 1.82) is 0 Å². The molecule has 24 heavy (non-hydrogen) atoms. The molecular formula is C17H21NO6. The molecule has 1 aromatic rings. The van der Waals surface area contributed by atoms with Crippen LogP contribution in [0.25, 0.3) is 0 Å². The third-order valence-electron chi connectivity index (χ3n) is 4.14. The van der Waals surface area contributed by atoms with Crippen LogP contribution in [0.4, 0.5) is 0 Å². The molecule has 2 rings (SSSR count). The van der Waals surface area contributed by atoms with Crippen LogP contribution < -0.4 is 5.32 Å². The normalized spacial score (nSPS) is 19.3. The molecule has 2 unspecified atom stereocenters. The standard InChI is InChI=1S/C17H21NO6/c1-23-16(22)17(15(20)21,10-9-13-8-5-11-18-13)24-14(19)12-6-3-2-4-7-12/h2-4,6-7,13,18H,5,8-11H2,1H3,(H,20,21). The minimum absolute atomic E-state index is 0.101. The Balaban J connectivity index is 2.21. The predicted octanol–water partition coefficient (Wildman–Crippen LogP) is 1.37. The van der Waals surface area contributed by atoms with Crippen LogP contribution in [-0.4, -0.2) is 48.3 Å². The van der Waals surface area contributed by atoms with E-state index >= 15 is 0 Å². The third-order valence-corrected chi connectivity index (χ3v) is 4.14. The number of hydrogen-bond donors (Lipinski definition) is 2. The second-order valence-corrected chi connectivity index (χ2v) is 5.71. The van der Waals surface area contributed by atoms with Crippen LogP contribution in [0, 0.1) is 0 Å². The summed E-state index contributed by atoms with van der Waals surface area (Å²) in [6.45, 7) is 0.854. The van der Waals surface area contributed by atoms with E-state index in [2.05, 4.69) is 10.1 Å². The lowest BCUT2D eigenvalue weighted by Crippen LogP contribution is -2.52. The molecule has 1 aliphatic heterocycles. The number of methoxy groups -OCH3 is 1. The fourth-order valence-corrected chi connectivity index (χ4v) is 2.77. The van der Waals surface area contributed by atoms with Crippen LogP contribution in [-0.2, 0) is 19.1 Å². The van der Waals surface area contributed by atoms with Gasteiger partial charge in [0, 0.05) is 12.5 Å². The van der Waals surface area contributed by atoms with Gasteiger partial charge in [0.25, 0.3) is 0 Å². The Hall–Kier alpha value is -2.41. The van der Waals surface area contributed by atoms with Crippen molar-refractivity contribution in [3.8, 4) is 0 Å². The molecule has 0 spiro atoms.